The first-order chi connectivity index (χ1) is 12.8. The van der Waals surface area contributed by atoms with E-state index in [9.17, 15) is 0 Å². The van der Waals surface area contributed by atoms with Crippen molar-refractivity contribution in [3.05, 3.63) is 90.9 Å². The molecule has 0 aliphatic rings. The Morgan fingerprint density at radius 1 is 0.846 bits per heavy atom. The van der Waals surface area contributed by atoms with Crippen molar-refractivity contribution in [2.45, 2.75) is 6.61 Å². The molecule has 0 unspecified atom stereocenters. The Morgan fingerprint density at radius 3 is 2.31 bits per heavy atom. The van der Waals surface area contributed by atoms with Gasteiger partial charge in [0.25, 0.3) is 0 Å². The van der Waals surface area contributed by atoms with Gasteiger partial charge in [-0.3, -0.25) is 9.67 Å². The molecule has 0 bridgehead atoms. The number of hydrogen-bond acceptors (Lipinski definition) is 3. The molecular formula is C22H19N3O. The second kappa shape index (κ2) is 7.23. The normalized spacial score (nSPS) is 10.7. The van der Waals surface area contributed by atoms with Crippen molar-refractivity contribution in [1.29, 1.82) is 0 Å². The minimum Gasteiger partial charge on any atom is -0.489 e. The van der Waals surface area contributed by atoms with Crippen LogP contribution in [0.2, 0.25) is 0 Å². The number of hydrogen-bond donors (Lipinski definition) is 0. The van der Waals surface area contributed by atoms with Crippen molar-refractivity contribution in [3.8, 4) is 28.1 Å². The zero-order chi connectivity index (χ0) is 17.8. The summed E-state index contributed by atoms with van der Waals surface area (Å²) in [5, 5.41) is 4.43. The molecular weight excluding hydrogens is 322 g/mol. The molecule has 2 aromatic heterocycles. The molecule has 0 N–H and O–H groups in total. The summed E-state index contributed by atoms with van der Waals surface area (Å²) in [7, 11) is 1.96. The van der Waals surface area contributed by atoms with Gasteiger partial charge in [0.2, 0.25) is 0 Å². The number of aromatic nitrogens is 3. The lowest BCUT2D eigenvalue weighted by molar-refractivity contribution is 0.306. The van der Waals surface area contributed by atoms with Crippen LogP contribution in [0.1, 0.15) is 5.56 Å². The summed E-state index contributed by atoms with van der Waals surface area (Å²) in [5.41, 5.74) is 5.53. The molecule has 2 heterocycles. The second-order valence-electron chi connectivity index (χ2n) is 6.06. The maximum Gasteiger partial charge on any atom is 0.119 e. The van der Waals surface area contributed by atoms with Crippen LogP contribution >= 0.6 is 0 Å². The molecule has 0 radical (unpaired) electrons. The lowest BCUT2D eigenvalue weighted by Crippen LogP contribution is -1.96. The molecule has 0 atom stereocenters. The van der Waals surface area contributed by atoms with Gasteiger partial charge in [0.15, 0.2) is 0 Å². The van der Waals surface area contributed by atoms with E-state index in [1.165, 1.54) is 0 Å². The lowest BCUT2D eigenvalue weighted by Gasteiger charge is -2.09. The third kappa shape index (κ3) is 3.35. The van der Waals surface area contributed by atoms with Crippen LogP contribution in [-0.4, -0.2) is 14.8 Å². The number of ether oxygens (including phenoxy) is 1. The van der Waals surface area contributed by atoms with Crippen LogP contribution in [0, 0.1) is 0 Å². The summed E-state index contributed by atoms with van der Waals surface area (Å²) < 4.78 is 7.78. The van der Waals surface area contributed by atoms with Crippen molar-refractivity contribution < 1.29 is 4.74 Å². The third-order valence-electron chi connectivity index (χ3n) is 4.31. The Morgan fingerprint density at radius 2 is 1.58 bits per heavy atom. The first kappa shape index (κ1) is 16.1. The molecule has 0 saturated carbocycles. The van der Waals surface area contributed by atoms with Gasteiger partial charge in [-0.1, -0.05) is 30.3 Å². The molecule has 0 saturated heterocycles. The minimum atomic E-state index is 0.564. The summed E-state index contributed by atoms with van der Waals surface area (Å²) in [6, 6.07) is 22.3. The van der Waals surface area contributed by atoms with Crippen LogP contribution in [-0.2, 0) is 13.7 Å². The molecule has 4 nitrogen and oxygen atoms in total. The molecule has 4 heteroatoms. The maximum absolute atomic E-state index is 5.88. The minimum absolute atomic E-state index is 0.564. The number of aryl methyl sites for hydroxylation is 1. The molecule has 4 rings (SSSR count). The van der Waals surface area contributed by atoms with Crippen molar-refractivity contribution in [2.75, 3.05) is 0 Å². The van der Waals surface area contributed by atoms with E-state index >= 15 is 0 Å². The summed E-state index contributed by atoms with van der Waals surface area (Å²) in [5.74, 6) is 0.852. The van der Waals surface area contributed by atoms with Crippen molar-refractivity contribution in [2.24, 2.45) is 7.05 Å². The van der Waals surface area contributed by atoms with Crippen molar-refractivity contribution in [1.82, 2.24) is 14.8 Å². The number of rotatable bonds is 5. The smallest absolute Gasteiger partial charge is 0.119 e. The van der Waals surface area contributed by atoms with Crippen molar-refractivity contribution in [3.63, 3.8) is 0 Å². The predicted molar refractivity (Wildman–Crippen MR) is 103 cm³/mol. The highest BCUT2D eigenvalue weighted by atomic mass is 16.5. The van der Waals surface area contributed by atoms with Crippen LogP contribution < -0.4 is 4.74 Å². The van der Waals surface area contributed by atoms with Gasteiger partial charge in [-0.05, 0) is 47.5 Å². The Hall–Kier alpha value is -3.40. The first-order valence-electron chi connectivity index (χ1n) is 8.51. The zero-order valence-electron chi connectivity index (χ0n) is 14.5. The molecule has 0 aliphatic heterocycles. The van der Waals surface area contributed by atoms with Crippen LogP contribution in [0.25, 0.3) is 22.4 Å². The van der Waals surface area contributed by atoms with E-state index in [0.717, 1.165) is 33.7 Å². The molecule has 4 aromatic rings. The predicted octanol–water partition coefficient (Wildman–Crippen LogP) is 4.73. The monoisotopic (exact) mass is 341 g/mol. The highest BCUT2D eigenvalue weighted by Gasteiger charge is 2.12. The molecule has 128 valence electrons. The number of benzene rings is 2. The fraction of sp³-hybridized carbons (Fsp3) is 0.0909. The van der Waals surface area contributed by atoms with Crippen LogP contribution in [0.4, 0.5) is 0 Å². The van der Waals surface area contributed by atoms with Gasteiger partial charge in [-0.2, -0.15) is 5.10 Å². The van der Waals surface area contributed by atoms with E-state index in [4.69, 9.17) is 4.74 Å². The molecule has 0 spiro atoms. The quantitative estimate of drug-likeness (QED) is 0.527. The second-order valence-corrected chi connectivity index (χ2v) is 6.06. The van der Waals surface area contributed by atoms with E-state index in [-0.39, 0.29) is 0 Å². The Balaban J connectivity index is 1.57. The van der Waals surface area contributed by atoms with E-state index in [1.54, 1.807) is 12.4 Å². The van der Waals surface area contributed by atoms with Crippen LogP contribution in [0.15, 0.2) is 85.3 Å². The average Bonchev–Trinajstić information content (AvgIpc) is 3.10. The lowest BCUT2D eigenvalue weighted by atomic mass is 10.0. The highest BCUT2D eigenvalue weighted by molar-refractivity contribution is 5.80. The van der Waals surface area contributed by atoms with E-state index in [2.05, 4.69) is 34.3 Å². The van der Waals surface area contributed by atoms with Crippen LogP contribution in [0.3, 0.4) is 0 Å². The summed E-state index contributed by atoms with van der Waals surface area (Å²) in [6.45, 7) is 0.564. The highest BCUT2D eigenvalue weighted by Crippen LogP contribution is 2.32. The molecule has 0 fully saturated rings. The third-order valence-corrected chi connectivity index (χ3v) is 4.31. The largest absolute Gasteiger partial charge is 0.489 e. The average molecular weight is 341 g/mol. The summed E-state index contributed by atoms with van der Waals surface area (Å²) >= 11 is 0. The van der Waals surface area contributed by atoms with Gasteiger partial charge < -0.3 is 4.74 Å². The van der Waals surface area contributed by atoms with E-state index in [0.29, 0.717) is 6.61 Å². The molecule has 26 heavy (non-hydrogen) atoms. The Labute approximate surface area is 152 Å². The van der Waals surface area contributed by atoms with Gasteiger partial charge >= 0.3 is 0 Å². The number of pyridine rings is 1. The topological polar surface area (TPSA) is 39.9 Å². The summed E-state index contributed by atoms with van der Waals surface area (Å²) in [4.78, 5) is 4.09. The van der Waals surface area contributed by atoms with Gasteiger partial charge in [0.05, 0.1) is 11.9 Å². The zero-order valence-corrected chi connectivity index (χ0v) is 14.5. The van der Waals surface area contributed by atoms with E-state index < -0.39 is 0 Å². The fourth-order valence-electron chi connectivity index (χ4n) is 2.97. The first-order valence-corrected chi connectivity index (χ1v) is 8.51. The Bertz CT molecular complexity index is 977. The molecule has 0 amide bonds. The molecule has 2 aromatic carbocycles. The van der Waals surface area contributed by atoms with Gasteiger partial charge in [0, 0.05) is 30.6 Å². The SMILES string of the molecule is Cn1ncc(-c2ccncc2)c1-c1ccc(OCc2ccccc2)cc1. The summed E-state index contributed by atoms with van der Waals surface area (Å²) in [6.07, 6.45) is 5.49. The Kier molecular flexibility index (Phi) is 4.48. The van der Waals surface area contributed by atoms with Crippen molar-refractivity contribution >= 4 is 0 Å². The van der Waals surface area contributed by atoms with Gasteiger partial charge in [0.1, 0.15) is 12.4 Å². The van der Waals surface area contributed by atoms with Gasteiger partial charge in [-0.25, -0.2) is 0 Å². The van der Waals surface area contributed by atoms with Gasteiger partial charge in [-0.15, -0.1) is 0 Å². The standard InChI is InChI=1S/C22H19N3O/c1-25-22(21(15-24-25)18-11-13-23-14-12-18)19-7-9-20(10-8-19)26-16-17-5-3-2-4-6-17/h2-15H,16H2,1H3. The van der Waals surface area contributed by atoms with Crippen LogP contribution in [0.5, 0.6) is 5.75 Å². The van der Waals surface area contributed by atoms with E-state index in [1.807, 2.05) is 60.4 Å². The molecule has 0 aliphatic carbocycles. The number of nitrogens with zero attached hydrogens (tertiary/aromatic N) is 3. The maximum atomic E-state index is 5.88. The fourth-order valence-corrected chi connectivity index (χ4v) is 2.97.